The van der Waals surface area contributed by atoms with Gasteiger partial charge in [0.1, 0.15) is 0 Å². The van der Waals surface area contributed by atoms with E-state index in [4.69, 9.17) is 5.14 Å². The topological polar surface area (TPSA) is 72.2 Å². The van der Waals surface area contributed by atoms with Crippen molar-refractivity contribution < 1.29 is 8.42 Å². The standard InChI is InChI=1S/C16H26N2O2S/c1-16(2)10-3-4-14(9-11-16)18-12-13-5-7-15(8-6-13)21(17,19)20/h5-8,14,18H,3-4,9-12H2,1-2H3,(H2,17,19,20). The summed E-state index contributed by atoms with van der Waals surface area (Å²) in [5, 5.41) is 8.69. The quantitative estimate of drug-likeness (QED) is 0.840. The Morgan fingerprint density at radius 2 is 1.86 bits per heavy atom. The van der Waals surface area contributed by atoms with Crippen molar-refractivity contribution in [3.05, 3.63) is 29.8 Å². The van der Waals surface area contributed by atoms with Gasteiger partial charge in [-0.05, 0) is 48.8 Å². The summed E-state index contributed by atoms with van der Waals surface area (Å²) < 4.78 is 22.4. The molecule has 0 radical (unpaired) electrons. The number of benzene rings is 1. The lowest BCUT2D eigenvalue weighted by Crippen LogP contribution is -2.28. The number of rotatable bonds is 4. The first kappa shape index (κ1) is 16.5. The van der Waals surface area contributed by atoms with Gasteiger partial charge >= 0.3 is 0 Å². The molecule has 0 heterocycles. The number of hydrogen-bond acceptors (Lipinski definition) is 3. The summed E-state index contributed by atoms with van der Waals surface area (Å²) in [5.41, 5.74) is 1.55. The van der Waals surface area contributed by atoms with E-state index in [0.717, 1.165) is 12.1 Å². The molecular formula is C16H26N2O2S. The van der Waals surface area contributed by atoms with Crippen molar-refractivity contribution in [3.8, 4) is 0 Å². The molecule has 0 saturated heterocycles. The van der Waals surface area contributed by atoms with E-state index in [9.17, 15) is 8.42 Å². The molecule has 2 rings (SSSR count). The van der Waals surface area contributed by atoms with Crippen LogP contribution in [0.4, 0.5) is 0 Å². The van der Waals surface area contributed by atoms with Crippen LogP contribution in [0, 0.1) is 5.41 Å². The van der Waals surface area contributed by atoms with E-state index >= 15 is 0 Å². The molecule has 0 spiro atoms. The largest absolute Gasteiger partial charge is 0.310 e. The molecule has 118 valence electrons. The van der Waals surface area contributed by atoms with Crippen LogP contribution in [0.1, 0.15) is 51.5 Å². The molecular weight excluding hydrogens is 284 g/mol. The smallest absolute Gasteiger partial charge is 0.238 e. The maximum atomic E-state index is 11.2. The van der Waals surface area contributed by atoms with Crippen LogP contribution in [0.25, 0.3) is 0 Å². The summed E-state index contributed by atoms with van der Waals surface area (Å²) in [6.07, 6.45) is 6.26. The second-order valence-electron chi connectivity index (χ2n) is 6.86. The van der Waals surface area contributed by atoms with Gasteiger partial charge in [-0.25, -0.2) is 13.6 Å². The number of nitrogens with two attached hydrogens (primary N) is 1. The lowest BCUT2D eigenvalue weighted by atomic mass is 9.85. The Hall–Kier alpha value is -0.910. The molecule has 1 fully saturated rings. The molecule has 0 aliphatic heterocycles. The number of sulfonamides is 1. The average Bonchev–Trinajstić information content (AvgIpc) is 2.57. The van der Waals surface area contributed by atoms with E-state index < -0.39 is 10.0 Å². The highest BCUT2D eigenvalue weighted by molar-refractivity contribution is 7.89. The van der Waals surface area contributed by atoms with Crippen LogP contribution in [-0.2, 0) is 16.6 Å². The van der Waals surface area contributed by atoms with Gasteiger partial charge in [0.2, 0.25) is 10.0 Å². The highest BCUT2D eigenvalue weighted by atomic mass is 32.2. The highest BCUT2D eigenvalue weighted by Crippen LogP contribution is 2.33. The Labute approximate surface area is 128 Å². The maximum Gasteiger partial charge on any atom is 0.238 e. The fourth-order valence-electron chi connectivity index (χ4n) is 2.92. The predicted octanol–water partition coefficient (Wildman–Crippen LogP) is 2.78. The van der Waals surface area contributed by atoms with Gasteiger partial charge in [-0.15, -0.1) is 0 Å². The van der Waals surface area contributed by atoms with Crippen molar-refractivity contribution in [2.24, 2.45) is 10.6 Å². The first-order chi connectivity index (χ1) is 9.76. The molecule has 1 unspecified atom stereocenters. The lowest BCUT2D eigenvalue weighted by Gasteiger charge is -2.22. The Morgan fingerprint density at radius 3 is 2.48 bits per heavy atom. The van der Waals surface area contributed by atoms with Crippen molar-refractivity contribution in [3.63, 3.8) is 0 Å². The summed E-state index contributed by atoms with van der Waals surface area (Å²) >= 11 is 0. The van der Waals surface area contributed by atoms with Gasteiger partial charge in [-0.1, -0.05) is 32.4 Å². The summed E-state index contributed by atoms with van der Waals surface area (Å²) in [5.74, 6) is 0. The van der Waals surface area contributed by atoms with Crippen LogP contribution in [-0.4, -0.2) is 14.5 Å². The van der Waals surface area contributed by atoms with Crippen molar-refractivity contribution in [1.82, 2.24) is 5.32 Å². The highest BCUT2D eigenvalue weighted by Gasteiger charge is 2.23. The summed E-state index contributed by atoms with van der Waals surface area (Å²) in [6, 6.07) is 7.36. The first-order valence-corrected chi connectivity index (χ1v) is 9.16. The van der Waals surface area contributed by atoms with Gasteiger partial charge in [0.15, 0.2) is 0 Å². The number of nitrogens with one attached hydrogen (secondary N) is 1. The molecule has 0 bridgehead atoms. The van der Waals surface area contributed by atoms with Gasteiger partial charge in [0, 0.05) is 12.6 Å². The molecule has 1 aliphatic rings. The van der Waals surface area contributed by atoms with Crippen molar-refractivity contribution in [1.29, 1.82) is 0 Å². The Morgan fingerprint density at radius 1 is 1.19 bits per heavy atom. The number of hydrogen-bond donors (Lipinski definition) is 2. The van der Waals surface area contributed by atoms with Crippen LogP contribution in [0.2, 0.25) is 0 Å². The molecule has 1 atom stereocenters. The molecule has 1 aliphatic carbocycles. The summed E-state index contributed by atoms with van der Waals surface area (Å²) in [7, 11) is -3.59. The molecule has 3 N–H and O–H groups in total. The molecule has 4 nitrogen and oxygen atoms in total. The Kier molecular flexibility index (Phi) is 5.07. The maximum absolute atomic E-state index is 11.2. The van der Waals surface area contributed by atoms with Crippen molar-refractivity contribution in [2.75, 3.05) is 0 Å². The van der Waals surface area contributed by atoms with E-state index in [1.807, 2.05) is 12.1 Å². The zero-order valence-corrected chi connectivity index (χ0v) is 13.7. The minimum atomic E-state index is -3.59. The van der Waals surface area contributed by atoms with Gasteiger partial charge in [-0.3, -0.25) is 0 Å². The molecule has 1 aromatic rings. The van der Waals surface area contributed by atoms with E-state index in [0.29, 0.717) is 11.5 Å². The summed E-state index contributed by atoms with van der Waals surface area (Å²) in [4.78, 5) is 0.169. The van der Waals surface area contributed by atoms with Crippen LogP contribution < -0.4 is 10.5 Å². The van der Waals surface area contributed by atoms with Gasteiger partial charge in [0.25, 0.3) is 0 Å². The molecule has 21 heavy (non-hydrogen) atoms. The third-order valence-electron chi connectivity index (χ3n) is 4.42. The Bertz CT molecular complexity index is 564. The molecule has 1 saturated carbocycles. The third-order valence-corrected chi connectivity index (χ3v) is 5.35. The second kappa shape index (κ2) is 6.46. The average molecular weight is 310 g/mol. The van der Waals surface area contributed by atoms with Crippen LogP contribution in [0.15, 0.2) is 29.2 Å². The van der Waals surface area contributed by atoms with Gasteiger partial charge < -0.3 is 5.32 Å². The van der Waals surface area contributed by atoms with E-state index in [2.05, 4.69) is 19.2 Å². The minimum absolute atomic E-state index is 0.169. The minimum Gasteiger partial charge on any atom is -0.310 e. The monoisotopic (exact) mass is 310 g/mol. The van der Waals surface area contributed by atoms with Crippen molar-refractivity contribution in [2.45, 2.75) is 63.4 Å². The molecule has 1 aromatic carbocycles. The van der Waals surface area contributed by atoms with Gasteiger partial charge in [-0.2, -0.15) is 0 Å². The Balaban J connectivity index is 1.88. The van der Waals surface area contributed by atoms with Crippen LogP contribution in [0.5, 0.6) is 0 Å². The molecule has 5 heteroatoms. The fourth-order valence-corrected chi connectivity index (χ4v) is 3.44. The molecule has 0 amide bonds. The number of primary sulfonamides is 1. The normalized spacial score (nSPS) is 22.7. The van der Waals surface area contributed by atoms with Crippen LogP contribution >= 0.6 is 0 Å². The van der Waals surface area contributed by atoms with E-state index in [1.54, 1.807) is 12.1 Å². The lowest BCUT2D eigenvalue weighted by molar-refractivity contribution is 0.309. The van der Waals surface area contributed by atoms with Gasteiger partial charge in [0.05, 0.1) is 4.90 Å². The van der Waals surface area contributed by atoms with Crippen molar-refractivity contribution >= 4 is 10.0 Å². The second-order valence-corrected chi connectivity index (χ2v) is 8.42. The van der Waals surface area contributed by atoms with E-state index in [1.165, 1.54) is 32.1 Å². The third kappa shape index (κ3) is 5.09. The molecule has 0 aromatic heterocycles. The van der Waals surface area contributed by atoms with Crippen LogP contribution in [0.3, 0.4) is 0 Å². The zero-order chi connectivity index (χ0) is 15.5. The first-order valence-electron chi connectivity index (χ1n) is 7.61. The summed E-state index contributed by atoms with van der Waals surface area (Å²) in [6.45, 7) is 5.47. The SMILES string of the molecule is CC1(C)CCCC(NCc2ccc(S(N)(=O)=O)cc2)CC1. The fraction of sp³-hybridized carbons (Fsp3) is 0.625. The van der Waals surface area contributed by atoms with E-state index in [-0.39, 0.29) is 4.90 Å². The zero-order valence-electron chi connectivity index (χ0n) is 12.9. The predicted molar refractivity (Wildman–Crippen MR) is 85.3 cm³/mol.